The highest BCUT2D eigenvalue weighted by Crippen LogP contribution is 2.23. The molecule has 0 fully saturated rings. The van der Waals surface area contributed by atoms with Crippen LogP contribution in [0.2, 0.25) is 0 Å². The smallest absolute Gasteiger partial charge is 0.287 e. The number of unbranched alkanes of at least 4 members (excludes halogenated alkanes) is 3. The molecule has 1 aromatic heterocycles. The Hall–Kier alpha value is -1.29. The summed E-state index contributed by atoms with van der Waals surface area (Å²) in [5, 5.41) is 3.82. The molecule has 0 radical (unpaired) electrons. The van der Waals surface area contributed by atoms with Crippen molar-refractivity contribution in [3.8, 4) is 0 Å². The van der Waals surface area contributed by atoms with Gasteiger partial charge < -0.3 is 9.73 Å². The number of halogens is 1. The van der Waals surface area contributed by atoms with Crippen LogP contribution >= 0.6 is 15.9 Å². The molecule has 0 aliphatic carbocycles. The second-order valence-corrected chi connectivity index (χ2v) is 5.53. The summed E-state index contributed by atoms with van der Waals surface area (Å²) in [5.41, 5.74) is 0.735. The van der Waals surface area contributed by atoms with Gasteiger partial charge in [0.1, 0.15) is 5.58 Å². The van der Waals surface area contributed by atoms with Crippen LogP contribution in [0.1, 0.15) is 43.2 Å². The SMILES string of the molecule is CCCCCCNC(=O)c1cc2cc(Br)ccc2o1. The van der Waals surface area contributed by atoms with E-state index in [0.717, 1.165) is 28.3 Å². The lowest BCUT2D eigenvalue weighted by Crippen LogP contribution is -2.23. The van der Waals surface area contributed by atoms with Gasteiger partial charge in [0.2, 0.25) is 0 Å². The van der Waals surface area contributed by atoms with Gasteiger partial charge in [0.25, 0.3) is 5.91 Å². The Labute approximate surface area is 121 Å². The molecule has 102 valence electrons. The average Bonchev–Trinajstić information content (AvgIpc) is 2.81. The zero-order chi connectivity index (χ0) is 13.7. The molecule has 4 heteroatoms. The van der Waals surface area contributed by atoms with Gasteiger partial charge in [-0.15, -0.1) is 0 Å². The molecule has 2 rings (SSSR count). The van der Waals surface area contributed by atoms with Gasteiger partial charge in [0.15, 0.2) is 5.76 Å². The van der Waals surface area contributed by atoms with Crippen LogP contribution in [0.3, 0.4) is 0 Å². The fourth-order valence-corrected chi connectivity index (χ4v) is 2.35. The molecule has 3 nitrogen and oxygen atoms in total. The third-order valence-electron chi connectivity index (χ3n) is 3.02. The molecule has 0 bridgehead atoms. The van der Waals surface area contributed by atoms with Crippen LogP contribution in [0.25, 0.3) is 11.0 Å². The van der Waals surface area contributed by atoms with Gasteiger partial charge in [-0.1, -0.05) is 42.1 Å². The summed E-state index contributed by atoms with van der Waals surface area (Å²) in [6, 6.07) is 7.48. The van der Waals surface area contributed by atoms with Gasteiger partial charge in [0.05, 0.1) is 0 Å². The lowest BCUT2D eigenvalue weighted by Gasteiger charge is -2.02. The molecule has 0 aliphatic rings. The van der Waals surface area contributed by atoms with Crippen molar-refractivity contribution in [1.82, 2.24) is 5.32 Å². The predicted molar refractivity (Wildman–Crippen MR) is 80.4 cm³/mol. The first-order valence-electron chi connectivity index (χ1n) is 6.68. The Bertz CT molecular complexity index is 562. The summed E-state index contributed by atoms with van der Waals surface area (Å²) < 4.78 is 6.51. The lowest BCUT2D eigenvalue weighted by molar-refractivity contribution is 0.0927. The Morgan fingerprint density at radius 1 is 1.26 bits per heavy atom. The molecule has 0 aliphatic heterocycles. The van der Waals surface area contributed by atoms with Gasteiger partial charge in [-0.05, 0) is 30.7 Å². The van der Waals surface area contributed by atoms with Crippen LogP contribution in [0.15, 0.2) is 33.2 Å². The Morgan fingerprint density at radius 3 is 2.89 bits per heavy atom. The highest BCUT2D eigenvalue weighted by Gasteiger charge is 2.11. The van der Waals surface area contributed by atoms with Crippen molar-refractivity contribution < 1.29 is 9.21 Å². The molecule has 0 saturated carbocycles. The minimum atomic E-state index is -0.135. The summed E-state index contributed by atoms with van der Waals surface area (Å²) >= 11 is 3.40. The normalized spacial score (nSPS) is 10.8. The average molecular weight is 324 g/mol. The third-order valence-corrected chi connectivity index (χ3v) is 3.51. The zero-order valence-corrected chi connectivity index (χ0v) is 12.6. The molecule has 2 aromatic rings. The molecule has 1 amide bonds. The number of hydrogen-bond acceptors (Lipinski definition) is 2. The Balaban J connectivity index is 1.94. The van der Waals surface area contributed by atoms with Crippen LogP contribution in [0, 0.1) is 0 Å². The van der Waals surface area contributed by atoms with Crippen LogP contribution in [0.4, 0.5) is 0 Å². The van der Waals surface area contributed by atoms with E-state index in [-0.39, 0.29) is 5.91 Å². The molecular formula is C15H18BrNO2. The first kappa shape index (κ1) is 14.1. The minimum absolute atomic E-state index is 0.135. The maximum Gasteiger partial charge on any atom is 0.287 e. The maximum absolute atomic E-state index is 11.9. The number of amides is 1. The van der Waals surface area contributed by atoms with Crippen molar-refractivity contribution in [1.29, 1.82) is 0 Å². The molecule has 0 atom stereocenters. The summed E-state index contributed by atoms with van der Waals surface area (Å²) in [6.45, 7) is 2.88. The van der Waals surface area contributed by atoms with Gasteiger partial charge in [-0.25, -0.2) is 0 Å². The summed E-state index contributed by atoms with van der Waals surface area (Å²) in [5.74, 6) is 0.243. The van der Waals surface area contributed by atoms with E-state index in [4.69, 9.17) is 4.42 Å². The van der Waals surface area contributed by atoms with E-state index in [1.807, 2.05) is 18.2 Å². The molecule has 0 saturated heterocycles. The topological polar surface area (TPSA) is 42.2 Å². The lowest BCUT2D eigenvalue weighted by atomic mass is 10.2. The highest BCUT2D eigenvalue weighted by molar-refractivity contribution is 9.10. The first-order valence-corrected chi connectivity index (χ1v) is 7.47. The molecule has 1 heterocycles. The number of nitrogens with one attached hydrogen (secondary N) is 1. The standard InChI is InChI=1S/C15H18BrNO2/c1-2-3-4-5-8-17-15(18)14-10-11-9-12(16)6-7-13(11)19-14/h6-7,9-10H,2-5,8H2,1H3,(H,17,18). The number of benzene rings is 1. The molecule has 1 N–H and O–H groups in total. The van der Waals surface area contributed by atoms with Crippen molar-refractivity contribution in [2.24, 2.45) is 0 Å². The van der Waals surface area contributed by atoms with E-state index in [1.165, 1.54) is 12.8 Å². The van der Waals surface area contributed by atoms with E-state index >= 15 is 0 Å². The van der Waals surface area contributed by atoms with Gasteiger partial charge in [-0.2, -0.15) is 0 Å². The Morgan fingerprint density at radius 2 is 2.11 bits per heavy atom. The number of hydrogen-bond donors (Lipinski definition) is 1. The second-order valence-electron chi connectivity index (χ2n) is 4.61. The predicted octanol–water partition coefficient (Wildman–Crippen LogP) is 4.51. The monoisotopic (exact) mass is 323 g/mol. The fraction of sp³-hybridized carbons (Fsp3) is 0.400. The van der Waals surface area contributed by atoms with Crippen LogP contribution in [-0.4, -0.2) is 12.5 Å². The quantitative estimate of drug-likeness (QED) is 0.795. The van der Waals surface area contributed by atoms with Crippen LogP contribution in [0.5, 0.6) is 0 Å². The fourth-order valence-electron chi connectivity index (χ4n) is 1.97. The van der Waals surface area contributed by atoms with Crippen molar-refractivity contribution in [2.75, 3.05) is 6.54 Å². The van der Waals surface area contributed by atoms with Crippen molar-refractivity contribution >= 4 is 32.8 Å². The minimum Gasteiger partial charge on any atom is -0.451 e. The summed E-state index contributed by atoms with van der Waals surface area (Å²) in [4.78, 5) is 11.9. The van der Waals surface area contributed by atoms with Crippen LogP contribution in [-0.2, 0) is 0 Å². The number of carbonyl (C=O) groups is 1. The third kappa shape index (κ3) is 3.83. The van der Waals surface area contributed by atoms with Crippen molar-refractivity contribution in [3.05, 3.63) is 34.5 Å². The summed E-state index contributed by atoms with van der Waals surface area (Å²) in [6.07, 6.45) is 4.59. The van der Waals surface area contributed by atoms with E-state index in [2.05, 4.69) is 28.2 Å². The van der Waals surface area contributed by atoms with Crippen molar-refractivity contribution in [3.63, 3.8) is 0 Å². The van der Waals surface area contributed by atoms with Gasteiger partial charge >= 0.3 is 0 Å². The second kappa shape index (κ2) is 6.75. The maximum atomic E-state index is 11.9. The molecule has 0 unspecified atom stereocenters. The van der Waals surface area contributed by atoms with Gasteiger partial charge in [-0.3, -0.25) is 4.79 Å². The first-order chi connectivity index (χ1) is 9.20. The largest absolute Gasteiger partial charge is 0.451 e. The van der Waals surface area contributed by atoms with Crippen molar-refractivity contribution in [2.45, 2.75) is 32.6 Å². The number of rotatable bonds is 6. The molecule has 1 aromatic carbocycles. The van der Waals surface area contributed by atoms with Crippen LogP contribution < -0.4 is 5.32 Å². The molecule has 19 heavy (non-hydrogen) atoms. The van der Waals surface area contributed by atoms with E-state index in [0.29, 0.717) is 12.3 Å². The van der Waals surface area contributed by atoms with E-state index < -0.39 is 0 Å². The van der Waals surface area contributed by atoms with E-state index in [1.54, 1.807) is 6.07 Å². The number of furan rings is 1. The highest BCUT2D eigenvalue weighted by atomic mass is 79.9. The zero-order valence-electron chi connectivity index (χ0n) is 11.0. The molecular weight excluding hydrogens is 306 g/mol. The Kier molecular flexibility index (Phi) is 5.02. The van der Waals surface area contributed by atoms with Gasteiger partial charge in [0, 0.05) is 16.4 Å². The van der Waals surface area contributed by atoms with E-state index in [9.17, 15) is 4.79 Å². The number of carbonyl (C=O) groups excluding carboxylic acids is 1. The number of fused-ring (bicyclic) bond motifs is 1. The summed E-state index contributed by atoms with van der Waals surface area (Å²) in [7, 11) is 0. The molecule has 0 spiro atoms.